The first-order chi connectivity index (χ1) is 24.5. The van der Waals surface area contributed by atoms with E-state index in [4.69, 9.17) is 9.47 Å². The molecule has 2 atom stereocenters. The number of hydrogen-bond donors (Lipinski definition) is 2. The molecule has 0 aromatic carbocycles. The van der Waals surface area contributed by atoms with Crippen LogP contribution in [0.15, 0.2) is 72.9 Å². The van der Waals surface area contributed by atoms with E-state index in [-0.39, 0.29) is 32.0 Å². The van der Waals surface area contributed by atoms with E-state index in [0.717, 1.165) is 51.4 Å². The zero-order chi connectivity index (χ0) is 36.6. The lowest BCUT2D eigenvalue weighted by molar-refractivity contribution is -0.152. The number of carbonyl (C=O) groups is 2. The van der Waals surface area contributed by atoms with E-state index >= 15 is 0 Å². The predicted molar refractivity (Wildman–Crippen MR) is 211 cm³/mol. The van der Waals surface area contributed by atoms with Gasteiger partial charge in [-0.1, -0.05) is 183 Å². The van der Waals surface area contributed by atoms with E-state index in [9.17, 15) is 19.8 Å². The first kappa shape index (κ1) is 47.3. The van der Waals surface area contributed by atoms with Gasteiger partial charge in [0.25, 0.3) is 0 Å². The Kier molecular flexibility index (Phi) is 37.0. The normalized spacial score (nSPS) is 13.6. The molecule has 286 valence electrons. The lowest BCUT2D eigenvalue weighted by atomic mass is 10.0. The van der Waals surface area contributed by atoms with Crippen LogP contribution >= 0.6 is 0 Å². The van der Waals surface area contributed by atoms with Gasteiger partial charge in [-0.15, -0.1) is 0 Å². The Balaban J connectivity index is 3.67. The van der Waals surface area contributed by atoms with Crippen LogP contribution in [0.2, 0.25) is 0 Å². The summed E-state index contributed by atoms with van der Waals surface area (Å²) in [6.07, 6.45) is 48.6. The molecule has 0 bridgehead atoms. The van der Waals surface area contributed by atoms with Crippen molar-refractivity contribution in [2.24, 2.45) is 0 Å². The van der Waals surface area contributed by atoms with Crippen molar-refractivity contribution in [3.8, 4) is 0 Å². The quantitative estimate of drug-likeness (QED) is 0.0296. The SMILES string of the molecule is CC/C=C\C/C=C\C/C=C\C/C=C\C/C=C\C=C/C(O)CCC(=O)OC[C@@H](O)COC(=O)CCCCCCCCCCCCCCCCCC. The summed E-state index contributed by atoms with van der Waals surface area (Å²) in [5.41, 5.74) is 0. The van der Waals surface area contributed by atoms with Crippen LogP contribution < -0.4 is 0 Å². The molecule has 0 aromatic rings. The number of esters is 2. The minimum Gasteiger partial charge on any atom is -0.463 e. The van der Waals surface area contributed by atoms with Crippen LogP contribution in [0, 0.1) is 0 Å². The molecule has 0 radical (unpaired) electrons. The molecule has 0 fully saturated rings. The standard InChI is InChI=1S/C44H74O6/c1-3-5-7-9-11-13-15-17-19-21-23-25-27-29-31-33-35-41(45)37-38-44(48)50-40-42(46)39-49-43(47)36-34-32-30-28-26-24-22-20-18-16-14-12-10-8-6-4-2/h5,7,11,13,17,19,23,25,29,31,33,35,41-42,45-46H,3-4,6,8-10,12,14-16,18,20-22,24,26-28,30,32,34,36-40H2,1-2H3/b7-5-,13-11-,19-17-,25-23-,31-29-,35-33-/t41?,42-/m0/s1. The number of unbranched alkanes of at least 4 members (excludes halogenated alkanes) is 15. The van der Waals surface area contributed by atoms with E-state index in [1.54, 1.807) is 12.2 Å². The van der Waals surface area contributed by atoms with E-state index in [0.29, 0.717) is 6.42 Å². The van der Waals surface area contributed by atoms with Crippen molar-refractivity contribution in [1.29, 1.82) is 0 Å². The van der Waals surface area contributed by atoms with Crippen molar-refractivity contribution in [2.75, 3.05) is 13.2 Å². The number of ether oxygens (including phenoxy) is 2. The van der Waals surface area contributed by atoms with Gasteiger partial charge in [0, 0.05) is 12.8 Å². The maximum absolute atomic E-state index is 12.0. The summed E-state index contributed by atoms with van der Waals surface area (Å²) in [5, 5.41) is 20.1. The highest BCUT2D eigenvalue weighted by Crippen LogP contribution is 2.14. The smallest absolute Gasteiger partial charge is 0.305 e. The first-order valence-electron chi connectivity index (χ1n) is 20.1. The van der Waals surface area contributed by atoms with Crippen LogP contribution in [-0.2, 0) is 19.1 Å². The van der Waals surface area contributed by atoms with Crippen molar-refractivity contribution in [3.63, 3.8) is 0 Å². The summed E-state index contributed by atoms with van der Waals surface area (Å²) in [4.78, 5) is 24.0. The van der Waals surface area contributed by atoms with Gasteiger partial charge in [-0.05, 0) is 44.9 Å². The van der Waals surface area contributed by atoms with Crippen molar-refractivity contribution in [1.82, 2.24) is 0 Å². The third-order valence-electron chi connectivity index (χ3n) is 8.32. The van der Waals surface area contributed by atoms with Crippen LogP contribution in [0.5, 0.6) is 0 Å². The molecule has 0 spiro atoms. The largest absolute Gasteiger partial charge is 0.463 e. The molecule has 0 aliphatic heterocycles. The highest BCUT2D eigenvalue weighted by Gasteiger charge is 2.13. The zero-order valence-electron chi connectivity index (χ0n) is 32.0. The molecular formula is C44H74O6. The van der Waals surface area contributed by atoms with Crippen LogP contribution in [0.3, 0.4) is 0 Å². The highest BCUT2D eigenvalue weighted by atomic mass is 16.6. The topological polar surface area (TPSA) is 93.1 Å². The highest BCUT2D eigenvalue weighted by molar-refractivity contribution is 5.69. The summed E-state index contributed by atoms with van der Waals surface area (Å²) < 4.78 is 10.2. The summed E-state index contributed by atoms with van der Waals surface area (Å²) >= 11 is 0. The first-order valence-corrected chi connectivity index (χ1v) is 20.1. The number of hydrogen-bond acceptors (Lipinski definition) is 6. The number of carbonyl (C=O) groups excluding carboxylic acids is 2. The van der Waals surface area contributed by atoms with Crippen LogP contribution in [0.25, 0.3) is 0 Å². The molecular weight excluding hydrogens is 624 g/mol. The Hall–Kier alpha value is -2.70. The molecule has 2 N–H and O–H groups in total. The van der Waals surface area contributed by atoms with Gasteiger partial charge >= 0.3 is 11.9 Å². The predicted octanol–water partition coefficient (Wildman–Crippen LogP) is 11.5. The summed E-state index contributed by atoms with van der Waals surface area (Å²) in [7, 11) is 0. The van der Waals surface area contributed by atoms with Gasteiger partial charge in [0.05, 0.1) is 6.10 Å². The minimum absolute atomic E-state index is 0.0307. The maximum Gasteiger partial charge on any atom is 0.305 e. The van der Waals surface area contributed by atoms with Gasteiger partial charge in [-0.2, -0.15) is 0 Å². The molecule has 6 nitrogen and oxygen atoms in total. The molecule has 0 aliphatic rings. The van der Waals surface area contributed by atoms with Gasteiger partial charge in [0.2, 0.25) is 0 Å². The van der Waals surface area contributed by atoms with E-state index in [1.165, 1.54) is 83.5 Å². The maximum atomic E-state index is 12.0. The number of rotatable bonds is 35. The number of aliphatic hydroxyl groups excluding tert-OH is 2. The van der Waals surface area contributed by atoms with Crippen molar-refractivity contribution >= 4 is 11.9 Å². The Morgan fingerprint density at radius 3 is 1.36 bits per heavy atom. The lowest BCUT2D eigenvalue weighted by Crippen LogP contribution is -2.25. The fourth-order valence-corrected chi connectivity index (χ4v) is 5.25. The Morgan fingerprint density at radius 2 is 0.900 bits per heavy atom. The molecule has 0 saturated heterocycles. The van der Waals surface area contributed by atoms with Gasteiger partial charge in [-0.25, -0.2) is 0 Å². The van der Waals surface area contributed by atoms with Crippen molar-refractivity contribution in [3.05, 3.63) is 72.9 Å². The third kappa shape index (κ3) is 38.1. The Morgan fingerprint density at radius 1 is 0.500 bits per heavy atom. The lowest BCUT2D eigenvalue weighted by Gasteiger charge is -2.12. The average molecular weight is 699 g/mol. The molecule has 50 heavy (non-hydrogen) atoms. The van der Waals surface area contributed by atoms with Gasteiger partial charge in [0.15, 0.2) is 0 Å². The third-order valence-corrected chi connectivity index (χ3v) is 8.32. The van der Waals surface area contributed by atoms with Crippen molar-refractivity contribution in [2.45, 2.75) is 180 Å². The number of aliphatic hydroxyl groups is 2. The molecule has 6 heteroatoms. The van der Waals surface area contributed by atoms with Gasteiger partial charge in [-0.3, -0.25) is 9.59 Å². The van der Waals surface area contributed by atoms with Crippen molar-refractivity contribution < 1.29 is 29.3 Å². The molecule has 0 saturated carbocycles. The van der Waals surface area contributed by atoms with Gasteiger partial charge < -0.3 is 19.7 Å². The van der Waals surface area contributed by atoms with Crippen LogP contribution in [0.1, 0.15) is 168 Å². The van der Waals surface area contributed by atoms with Gasteiger partial charge in [0.1, 0.15) is 19.3 Å². The minimum atomic E-state index is -1.06. The Bertz CT molecular complexity index is 944. The zero-order valence-corrected chi connectivity index (χ0v) is 32.0. The average Bonchev–Trinajstić information content (AvgIpc) is 3.11. The summed E-state index contributed by atoms with van der Waals surface area (Å²) in [6.45, 7) is 3.97. The molecule has 0 aromatic heterocycles. The van der Waals surface area contributed by atoms with Crippen LogP contribution in [0.4, 0.5) is 0 Å². The molecule has 1 unspecified atom stereocenters. The van der Waals surface area contributed by atoms with E-state index < -0.39 is 18.2 Å². The molecule has 0 rings (SSSR count). The van der Waals surface area contributed by atoms with E-state index in [1.807, 2.05) is 12.2 Å². The Labute approximate surface area is 306 Å². The monoisotopic (exact) mass is 699 g/mol. The fourth-order valence-electron chi connectivity index (χ4n) is 5.25. The number of allylic oxidation sites excluding steroid dienone is 11. The van der Waals surface area contributed by atoms with Crippen LogP contribution in [-0.4, -0.2) is 47.6 Å². The summed E-state index contributed by atoms with van der Waals surface area (Å²) in [6, 6.07) is 0. The molecule has 0 amide bonds. The molecule has 0 aliphatic carbocycles. The van der Waals surface area contributed by atoms with E-state index in [2.05, 4.69) is 62.5 Å². The fraction of sp³-hybridized carbons (Fsp3) is 0.682. The second kappa shape index (κ2) is 39.1. The second-order valence-corrected chi connectivity index (χ2v) is 13.2. The second-order valence-electron chi connectivity index (χ2n) is 13.2. The summed E-state index contributed by atoms with van der Waals surface area (Å²) in [5.74, 6) is -0.839. The molecule has 0 heterocycles.